The number of amides is 3. The Balaban J connectivity index is 1.70. The largest absolute Gasteiger partial charge is 0.452 e. The number of hydrogen-bond acceptors (Lipinski definition) is 6. The van der Waals surface area contributed by atoms with Gasteiger partial charge in [-0.25, -0.2) is 14.6 Å². The van der Waals surface area contributed by atoms with Crippen molar-refractivity contribution in [1.82, 2.24) is 20.2 Å². The van der Waals surface area contributed by atoms with E-state index < -0.39 is 30.1 Å². The summed E-state index contributed by atoms with van der Waals surface area (Å²) in [4.78, 5) is 53.4. The Labute approximate surface area is 180 Å². The van der Waals surface area contributed by atoms with Gasteiger partial charge in [0.25, 0.3) is 11.5 Å². The predicted molar refractivity (Wildman–Crippen MR) is 115 cm³/mol. The van der Waals surface area contributed by atoms with E-state index in [0.29, 0.717) is 17.4 Å². The molecule has 0 spiro atoms. The van der Waals surface area contributed by atoms with Gasteiger partial charge in [-0.3, -0.25) is 19.5 Å². The fourth-order valence-corrected chi connectivity index (χ4v) is 3.47. The van der Waals surface area contributed by atoms with Crippen molar-refractivity contribution in [2.45, 2.75) is 65.0 Å². The van der Waals surface area contributed by atoms with Crippen LogP contribution in [0.4, 0.5) is 4.79 Å². The monoisotopic (exact) mass is 428 g/mol. The molecule has 0 bridgehead atoms. The maximum Gasteiger partial charge on any atom is 0.338 e. The zero-order chi connectivity index (χ0) is 22.6. The number of aromatic nitrogens is 2. The van der Waals surface area contributed by atoms with E-state index >= 15 is 0 Å². The maximum atomic E-state index is 12.9. The molecule has 0 radical (unpaired) electrons. The first-order valence-electron chi connectivity index (χ1n) is 10.5. The fraction of sp³-hybridized carbons (Fsp3) is 0.500. The molecular formula is C22H28N4O5. The number of imide groups is 1. The Hall–Kier alpha value is -3.23. The first kappa shape index (κ1) is 22.5. The minimum Gasteiger partial charge on any atom is -0.452 e. The Bertz CT molecular complexity index is 1070. The van der Waals surface area contributed by atoms with Crippen LogP contribution in [0.1, 0.15) is 62.6 Å². The number of carbonyl (C=O) groups is 3. The second-order valence-electron chi connectivity index (χ2n) is 8.71. The lowest BCUT2D eigenvalue weighted by Gasteiger charge is -2.20. The van der Waals surface area contributed by atoms with E-state index in [4.69, 9.17) is 4.74 Å². The minimum atomic E-state index is -0.742. The van der Waals surface area contributed by atoms with Crippen molar-refractivity contribution in [3.63, 3.8) is 0 Å². The topological polar surface area (TPSA) is 119 Å². The van der Waals surface area contributed by atoms with Crippen LogP contribution in [-0.4, -0.2) is 39.6 Å². The first-order chi connectivity index (χ1) is 14.6. The zero-order valence-corrected chi connectivity index (χ0v) is 18.1. The van der Waals surface area contributed by atoms with Crippen LogP contribution in [0.15, 0.2) is 23.0 Å². The molecule has 2 N–H and O–H groups in total. The van der Waals surface area contributed by atoms with Crippen molar-refractivity contribution < 1.29 is 19.1 Å². The summed E-state index contributed by atoms with van der Waals surface area (Å²) in [5.74, 6) is -0.748. The molecule has 2 heterocycles. The number of hydrogen-bond donors (Lipinski definition) is 2. The third-order valence-corrected chi connectivity index (χ3v) is 4.88. The smallest absolute Gasteiger partial charge is 0.338 e. The van der Waals surface area contributed by atoms with Crippen LogP contribution >= 0.6 is 0 Å². The van der Waals surface area contributed by atoms with E-state index in [9.17, 15) is 19.2 Å². The lowest BCUT2D eigenvalue weighted by Crippen LogP contribution is -2.49. The van der Waals surface area contributed by atoms with E-state index in [1.165, 1.54) is 12.1 Å². The van der Waals surface area contributed by atoms with Crippen LogP contribution in [0, 0.1) is 0 Å². The molecule has 0 saturated carbocycles. The van der Waals surface area contributed by atoms with Gasteiger partial charge < -0.3 is 10.1 Å². The second kappa shape index (κ2) is 9.28. The van der Waals surface area contributed by atoms with Gasteiger partial charge in [0.2, 0.25) is 0 Å². The molecule has 0 atom stereocenters. The van der Waals surface area contributed by atoms with Gasteiger partial charge in [0.1, 0.15) is 5.82 Å². The Morgan fingerprint density at radius 2 is 1.87 bits per heavy atom. The fourth-order valence-electron chi connectivity index (χ4n) is 3.47. The van der Waals surface area contributed by atoms with Crippen LogP contribution in [0.25, 0.3) is 10.9 Å². The van der Waals surface area contributed by atoms with Gasteiger partial charge >= 0.3 is 12.0 Å². The van der Waals surface area contributed by atoms with Gasteiger partial charge in [0.15, 0.2) is 6.61 Å². The molecule has 31 heavy (non-hydrogen) atoms. The first-order valence-corrected chi connectivity index (χ1v) is 10.5. The highest BCUT2D eigenvalue weighted by Gasteiger charge is 2.18. The summed E-state index contributed by atoms with van der Waals surface area (Å²) < 4.78 is 6.74. The Morgan fingerprint density at radius 1 is 1.13 bits per heavy atom. The SMILES string of the molecule is CC(C)(C)NC(=O)NC(=O)COC(=O)c1ccc2c(=O)n3c(nc2c1)CCCCCC3. The molecule has 0 unspecified atom stereocenters. The van der Waals surface area contributed by atoms with Crippen LogP contribution in [-0.2, 0) is 22.5 Å². The standard InChI is InChI=1S/C22H28N4O5/c1-22(2,3)25-21(30)24-18(27)13-31-20(29)14-9-10-15-16(12-14)23-17-8-6-4-5-7-11-26(17)19(15)28/h9-10,12H,4-8,11,13H2,1-3H3,(H2,24,25,27,30). The van der Waals surface area contributed by atoms with E-state index in [-0.39, 0.29) is 11.1 Å². The number of urea groups is 1. The summed E-state index contributed by atoms with van der Waals surface area (Å²) in [5.41, 5.74) is 0.00306. The van der Waals surface area contributed by atoms with Gasteiger partial charge in [-0.05, 0) is 51.8 Å². The highest BCUT2D eigenvalue weighted by Crippen LogP contribution is 2.17. The van der Waals surface area contributed by atoms with Crippen LogP contribution in [0.3, 0.4) is 0 Å². The summed E-state index contributed by atoms with van der Waals surface area (Å²) in [7, 11) is 0. The van der Waals surface area contributed by atoms with Crippen molar-refractivity contribution >= 4 is 28.8 Å². The lowest BCUT2D eigenvalue weighted by atomic mass is 10.1. The molecule has 1 aromatic heterocycles. The molecule has 3 rings (SSSR count). The number of nitrogens with zero attached hydrogens (tertiary/aromatic N) is 2. The molecule has 3 amide bonds. The third kappa shape index (κ3) is 5.90. The molecule has 0 saturated heterocycles. The molecule has 2 aromatic rings. The highest BCUT2D eigenvalue weighted by atomic mass is 16.5. The van der Waals surface area contributed by atoms with Crippen molar-refractivity contribution in [3.05, 3.63) is 39.9 Å². The zero-order valence-electron chi connectivity index (χ0n) is 18.1. The van der Waals surface area contributed by atoms with Gasteiger partial charge in [-0.1, -0.05) is 12.8 Å². The molecule has 0 aliphatic carbocycles. The summed E-state index contributed by atoms with van der Waals surface area (Å²) in [5, 5.41) is 5.12. The average Bonchev–Trinajstić information content (AvgIpc) is 2.65. The molecule has 166 valence electrons. The van der Waals surface area contributed by atoms with Gasteiger partial charge in [0, 0.05) is 18.5 Å². The molecule has 0 fully saturated rings. The number of carbonyl (C=O) groups excluding carboxylic acids is 3. The molecule has 1 aliphatic rings. The molecular weight excluding hydrogens is 400 g/mol. The van der Waals surface area contributed by atoms with E-state index in [2.05, 4.69) is 15.6 Å². The van der Waals surface area contributed by atoms with Gasteiger partial charge in [-0.2, -0.15) is 0 Å². The number of rotatable bonds is 3. The quantitative estimate of drug-likeness (QED) is 0.724. The predicted octanol–water partition coefficient (Wildman–Crippen LogP) is 2.29. The average molecular weight is 428 g/mol. The van der Waals surface area contributed by atoms with E-state index in [1.54, 1.807) is 31.4 Å². The second-order valence-corrected chi connectivity index (χ2v) is 8.71. The lowest BCUT2D eigenvalue weighted by molar-refractivity contribution is -0.123. The van der Waals surface area contributed by atoms with Crippen LogP contribution < -0.4 is 16.2 Å². The minimum absolute atomic E-state index is 0.106. The normalized spacial score (nSPS) is 14.2. The maximum absolute atomic E-state index is 12.9. The Kier molecular flexibility index (Phi) is 6.72. The number of ether oxygens (including phenoxy) is 1. The van der Waals surface area contributed by atoms with E-state index in [1.807, 2.05) is 0 Å². The summed E-state index contributed by atoms with van der Waals surface area (Å²) in [6.45, 7) is 5.37. The van der Waals surface area contributed by atoms with Crippen LogP contribution in [0.2, 0.25) is 0 Å². The Morgan fingerprint density at radius 3 is 2.61 bits per heavy atom. The third-order valence-electron chi connectivity index (χ3n) is 4.88. The number of benzene rings is 1. The molecule has 1 aliphatic heterocycles. The number of fused-ring (bicyclic) bond motifs is 2. The summed E-state index contributed by atoms with van der Waals surface area (Å²) in [6, 6.07) is 3.88. The van der Waals surface area contributed by atoms with Crippen molar-refractivity contribution in [3.8, 4) is 0 Å². The van der Waals surface area contributed by atoms with Crippen molar-refractivity contribution in [1.29, 1.82) is 0 Å². The number of aryl methyl sites for hydroxylation is 1. The van der Waals surface area contributed by atoms with Crippen molar-refractivity contribution in [2.75, 3.05) is 6.61 Å². The van der Waals surface area contributed by atoms with E-state index in [0.717, 1.165) is 37.9 Å². The molecule has 9 nitrogen and oxygen atoms in total. The molecule has 9 heteroatoms. The number of esters is 1. The van der Waals surface area contributed by atoms with Gasteiger partial charge in [0.05, 0.1) is 16.5 Å². The summed E-state index contributed by atoms with van der Waals surface area (Å²) >= 11 is 0. The van der Waals surface area contributed by atoms with Crippen molar-refractivity contribution in [2.24, 2.45) is 0 Å². The van der Waals surface area contributed by atoms with Gasteiger partial charge in [-0.15, -0.1) is 0 Å². The summed E-state index contributed by atoms with van der Waals surface area (Å²) in [6.07, 6.45) is 4.84. The molecule has 1 aromatic carbocycles. The highest BCUT2D eigenvalue weighted by molar-refractivity contribution is 5.98. The van der Waals surface area contributed by atoms with Crippen LogP contribution in [0.5, 0.6) is 0 Å². The number of nitrogens with one attached hydrogen (secondary N) is 2.